The SMILES string of the molecule is O=C(COC(=O)c1cccc(F)c1)Nc1ccc(Cl)cn1. The molecule has 1 aromatic heterocycles. The molecule has 2 aromatic rings. The number of nitrogens with zero attached hydrogens (tertiary/aromatic N) is 1. The molecule has 0 aliphatic heterocycles. The van der Waals surface area contributed by atoms with Crippen molar-refractivity contribution in [2.24, 2.45) is 0 Å². The van der Waals surface area contributed by atoms with Gasteiger partial charge in [-0.2, -0.15) is 0 Å². The lowest BCUT2D eigenvalue weighted by atomic mass is 10.2. The van der Waals surface area contributed by atoms with Crippen LogP contribution < -0.4 is 5.32 Å². The molecule has 108 valence electrons. The number of carbonyl (C=O) groups is 2. The van der Waals surface area contributed by atoms with E-state index in [0.29, 0.717) is 5.02 Å². The van der Waals surface area contributed by atoms with Gasteiger partial charge < -0.3 is 10.1 Å². The number of hydrogen-bond donors (Lipinski definition) is 1. The van der Waals surface area contributed by atoms with E-state index in [9.17, 15) is 14.0 Å². The number of rotatable bonds is 4. The molecule has 0 radical (unpaired) electrons. The van der Waals surface area contributed by atoms with Gasteiger partial charge in [0.05, 0.1) is 10.6 Å². The molecule has 5 nitrogen and oxygen atoms in total. The zero-order valence-corrected chi connectivity index (χ0v) is 11.4. The van der Waals surface area contributed by atoms with Crippen LogP contribution in [0.4, 0.5) is 10.2 Å². The van der Waals surface area contributed by atoms with Crippen molar-refractivity contribution in [3.63, 3.8) is 0 Å². The zero-order chi connectivity index (χ0) is 15.2. The van der Waals surface area contributed by atoms with Gasteiger partial charge in [-0.05, 0) is 30.3 Å². The Labute approximate surface area is 124 Å². The van der Waals surface area contributed by atoms with Gasteiger partial charge in [0.15, 0.2) is 6.61 Å². The number of carbonyl (C=O) groups excluding carboxylic acids is 2. The van der Waals surface area contributed by atoms with E-state index in [1.807, 2.05) is 0 Å². The Hall–Kier alpha value is -2.47. The van der Waals surface area contributed by atoms with Crippen molar-refractivity contribution < 1.29 is 18.7 Å². The Morgan fingerprint density at radius 2 is 2.10 bits per heavy atom. The van der Waals surface area contributed by atoms with Crippen molar-refractivity contribution in [3.8, 4) is 0 Å². The lowest BCUT2D eigenvalue weighted by molar-refractivity contribution is -0.119. The number of pyridine rings is 1. The second-order valence-electron chi connectivity index (χ2n) is 4.00. The molecular formula is C14H10ClFN2O3. The van der Waals surface area contributed by atoms with Gasteiger partial charge >= 0.3 is 5.97 Å². The Morgan fingerprint density at radius 3 is 2.76 bits per heavy atom. The average molecular weight is 309 g/mol. The van der Waals surface area contributed by atoms with Crippen molar-refractivity contribution in [3.05, 3.63) is 59.0 Å². The highest BCUT2D eigenvalue weighted by Crippen LogP contribution is 2.09. The van der Waals surface area contributed by atoms with E-state index in [-0.39, 0.29) is 11.4 Å². The van der Waals surface area contributed by atoms with Crippen molar-refractivity contribution in [2.45, 2.75) is 0 Å². The molecule has 0 aliphatic carbocycles. The van der Waals surface area contributed by atoms with Gasteiger partial charge in [-0.25, -0.2) is 14.2 Å². The summed E-state index contributed by atoms with van der Waals surface area (Å²) < 4.78 is 17.7. The minimum absolute atomic E-state index is 0.0346. The van der Waals surface area contributed by atoms with Crippen LogP contribution in [0.25, 0.3) is 0 Å². The lowest BCUT2D eigenvalue weighted by Gasteiger charge is -2.06. The highest BCUT2D eigenvalue weighted by Gasteiger charge is 2.11. The van der Waals surface area contributed by atoms with E-state index < -0.39 is 24.3 Å². The predicted molar refractivity (Wildman–Crippen MR) is 74.6 cm³/mol. The maximum atomic E-state index is 12.9. The van der Waals surface area contributed by atoms with E-state index in [4.69, 9.17) is 16.3 Å². The van der Waals surface area contributed by atoms with E-state index in [1.54, 1.807) is 6.07 Å². The molecule has 7 heteroatoms. The Balaban J connectivity index is 1.86. The largest absolute Gasteiger partial charge is 0.452 e. The first-order valence-corrected chi connectivity index (χ1v) is 6.26. The number of anilines is 1. The molecule has 21 heavy (non-hydrogen) atoms. The fourth-order valence-electron chi connectivity index (χ4n) is 1.46. The lowest BCUT2D eigenvalue weighted by Crippen LogP contribution is -2.21. The summed E-state index contributed by atoms with van der Waals surface area (Å²) in [5.41, 5.74) is 0.0346. The second kappa shape index (κ2) is 6.81. The van der Waals surface area contributed by atoms with E-state index in [2.05, 4.69) is 10.3 Å². The van der Waals surface area contributed by atoms with E-state index in [1.165, 1.54) is 30.5 Å². The van der Waals surface area contributed by atoms with Crippen molar-refractivity contribution in [1.29, 1.82) is 0 Å². The number of ether oxygens (including phenoxy) is 1. The third kappa shape index (κ3) is 4.54. The third-order valence-electron chi connectivity index (χ3n) is 2.39. The highest BCUT2D eigenvalue weighted by molar-refractivity contribution is 6.30. The van der Waals surface area contributed by atoms with Gasteiger partial charge in [0.1, 0.15) is 11.6 Å². The number of amides is 1. The van der Waals surface area contributed by atoms with Gasteiger partial charge in [-0.15, -0.1) is 0 Å². The Morgan fingerprint density at radius 1 is 1.29 bits per heavy atom. The zero-order valence-electron chi connectivity index (χ0n) is 10.7. The molecule has 0 atom stereocenters. The van der Waals surface area contributed by atoms with Crippen LogP contribution in [-0.4, -0.2) is 23.5 Å². The first-order chi connectivity index (χ1) is 10.0. The molecule has 1 aromatic carbocycles. The summed E-state index contributed by atoms with van der Waals surface area (Å²) in [6, 6.07) is 8.07. The number of esters is 1. The summed E-state index contributed by atoms with van der Waals surface area (Å²) in [4.78, 5) is 27.0. The molecule has 1 heterocycles. The van der Waals surface area contributed by atoms with Crippen molar-refractivity contribution >= 4 is 29.3 Å². The predicted octanol–water partition coefficient (Wildman–Crippen LogP) is 2.67. The molecule has 2 rings (SSSR count). The van der Waals surface area contributed by atoms with E-state index in [0.717, 1.165) is 6.07 Å². The molecule has 1 amide bonds. The van der Waals surface area contributed by atoms with Crippen LogP contribution in [0.15, 0.2) is 42.6 Å². The maximum Gasteiger partial charge on any atom is 0.338 e. The van der Waals surface area contributed by atoms with Crippen LogP contribution in [0.2, 0.25) is 5.02 Å². The quantitative estimate of drug-likeness (QED) is 0.882. The fourth-order valence-corrected chi connectivity index (χ4v) is 1.57. The van der Waals surface area contributed by atoms with Crippen LogP contribution in [0.3, 0.4) is 0 Å². The molecule has 0 bridgehead atoms. The summed E-state index contributed by atoms with van der Waals surface area (Å²) in [7, 11) is 0. The minimum atomic E-state index is -0.784. The average Bonchev–Trinajstić information content (AvgIpc) is 2.47. The number of aromatic nitrogens is 1. The molecule has 0 aliphatic rings. The third-order valence-corrected chi connectivity index (χ3v) is 2.61. The first-order valence-electron chi connectivity index (χ1n) is 5.89. The molecule has 1 N–H and O–H groups in total. The van der Waals surface area contributed by atoms with Crippen LogP contribution in [-0.2, 0) is 9.53 Å². The summed E-state index contributed by atoms with van der Waals surface area (Å²) >= 11 is 5.66. The molecule has 0 spiro atoms. The summed E-state index contributed by atoms with van der Waals surface area (Å²) in [6.45, 7) is -0.500. The second-order valence-corrected chi connectivity index (χ2v) is 4.43. The topological polar surface area (TPSA) is 68.3 Å². The van der Waals surface area contributed by atoms with Gasteiger partial charge in [0.25, 0.3) is 5.91 Å². The maximum absolute atomic E-state index is 12.9. The van der Waals surface area contributed by atoms with Gasteiger partial charge in [-0.3, -0.25) is 4.79 Å². The van der Waals surface area contributed by atoms with Gasteiger partial charge in [0, 0.05) is 6.20 Å². The molecule has 0 saturated heterocycles. The normalized spacial score (nSPS) is 10.0. The minimum Gasteiger partial charge on any atom is -0.452 e. The van der Waals surface area contributed by atoms with Crippen LogP contribution in [0.1, 0.15) is 10.4 Å². The Bertz CT molecular complexity index is 662. The molecule has 0 unspecified atom stereocenters. The van der Waals surface area contributed by atoms with Crippen molar-refractivity contribution in [2.75, 3.05) is 11.9 Å². The van der Waals surface area contributed by atoms with Gasteiger partial charge in [-0.1, -0.05) is 17.7 Å². The number of halogens is 2. The van der Waals surface area contributed by atoms with Crippen molar-refractivity contribution in [1.82, 2.24) is 4.98 Å². The highest BCUT2D eigenvalue weighted by atomic mass is 35.5. The molecule has 0 fully saturated rings. The number of nitrogens with one attached hydrogen (secondary N) is 1. The first kappa shape index (κ1) is 14.9. The van der Waals surface area contributed by atoms with Crippen LogP contribution in [0.5, 0.6) is 0 Å². The monoisotopic (exact) mass is 308 g/mol. The molecule has 0 saturated carbocycles. The summed E-state index contributed by atoms with van der Waals surface area (Å²) in [6.07, 6.45) is 1.37. The van der Waals surface area contributed by atoms with Gasteiger partial charge in [0.2, 0.25) is 0 Å². The van der Waals surface area contributed by atoms with E-state index >= 15 is 0 Å². The van der Waals surface area contributed by atoms with Crippen LogP contribution in [0, 0.1) is 5.82 Å². The number of benzene rings is 1. The fraction of sp³-hybridized carbons (Fsp3) is 0.0714. The van der Waals surface area contributed by atoms with Crippen LogP contribution >= 0.6 is 11.6 Å². The Kier molecular flexibility index (Phi) is 4.84. The summed E-state index contributed by atoms with van der Waals surface area (Å²) in [5, 5.41) is 2.86. The number of hydrogen-bond acceptors (Lipinski definition) is 4. The summed E-state index contributed by atoms with van der Waals surface area (Å²) in [5.74, 6) is -1.62. The smallest absolute Gasteiger partial charge is 0.338 e. The molecular weight excluding hydrogens is 299 g/mol. The standard InChI is InChI=1S/C14H10ClFN2O3/c15-10-4-5-12(17-7-10)18-13(19)8-21-14(20)9-2-1-3-11(16)6-9/h1-7H,8H2,(H,17,18,19).